The number of hydrogen-bond acceptors (Lipinski definition) is 4. The van der Waals surface area contributed by atoms with Gasteiger partial charge in [0.15, 0.2) is 5.79 Å². The molecule has 1 aromatic rings. The first-order valence-corrected chi connectivity index (χ1v) is 12.0. The summed E-state index contributed by atoms with van der Waals surface area (Å²) in [5, 5.41) is 0. The molecule has 0 amide bonds. The van der Waals surface area contributed by atoms with Gasteiger partial charge in [0.2, 0.25) is 0 Å². The van der Waals surface area contributed by atoms with Crippen LogP contribution in [0.25, 0.3) is 0 Å². The van der Waals surface area contributed by atoms with Crippen LogP contribution in [0, 0.1) is 22.7 Å². The van der Waals surface area contributed by atoms with Gasteiger partial charge in [0.25, 0.3) is 0 Å². The molecule has 30 heavy (non-hydrogen) atoms. The molecule has 1 spiro atoms. The summed E-state index contributed by atoms with van der Waals surface area (Å²) in [4.78, 5) is 4.07. The third-order valence-electron chi connectivity index (χ3n) is 9.01. The molecule has 0 bridgehead atoms. The Bertz CT molecular complexity index is 774. The van der Waals surface area contributed by atoms with Crippen molar-refractivity contribution in [3.8, 4) is 5.75 Å². The number of hydrogen-bond donors (Lipinski definition) is 0. The van der Waals surface area contributed by atoms with Crippen LogP contribution in [0.4, 0.5) is 0 Å². The molecule has 1 aromatic heterocycles. The van der Waals surface area contributed by atoms with Gasteiger partial charge >= 0.3 is 0 Å². The fourth-order valence-electron chi connectivity index (χ4n) is 7.38. The number of pyridine rings is 1. The van der Waals surface area contributed by atoms with Crippen LogP contribution in [-0.2, 0) is 9.47 Å². The maximum atomic E-state index is 6.76. The Balaban J connectivity index is 1.32. The van der Waals surface area contributed by atoms with E-state index in [4.69, 9.17) is 14.2 Å². The van der Waals surface area contributed by atoms with E-state index in [1.54, 1.807) is 12.4 Å². The molecule has 164 valence electrons. The van der Waals surface area contributed by atoms with E-state index >= 15 is 0 Å². The second-order valence-corrected chi connectivity index (χ2v) is 10.7. The minimum atomic E-state index is -0.270. The van der Waals surface area contributed by atoms with E-state index in [9.17, 15) is 0 Å². The lowest BCUT2D eigenvalue weighted by Crippen LogP contribution is -2.63. The molecule has 4 heteroatoms. The molecule has 1 saturated heterocycles. The Morgan fingerprint density at radius 2 is 1.87 bits per heavy atom. The lowest BCUT2D eigenvalue weighted by molar-refractivity contribution is -0.355. The van der Waals surface area contributed by atoms with E-state index in [-0.39, 0.29) is 16.6 Å². The van der Waals surface area contributed by atoms with Crippen LogP contribution in [0.15, 0.2) is 36.7 Å². The summed E-state index contributed by atoms with van der Waals surface area (Å²) in [6, 6.07) is 3.87. The van der Waals surface area contributed by atoms with Crippen molar-refractivity contribution in [1.29, 1.82) is 0 Å². The van der Waals surface area contributed by atoms with Crippen molar-refractivity contribution < 1.29 is 14.2 Å². The standard InChI is InChI=1S/C26H37NO3/c1-19-6-7-22-24(2,21(19)11-17-28-20-9-15-27-16-10-20)14-8-23-25(22,3)18-29-26(30-23)12-4-5-13-26/h9-10,15-16,21-23H,1,4-8,11-14,17-18H2,2-3H3/t21-,22?,23?,24+,25+/m1/s1. The zero-order valence-electron chi connectivity index (χ0n) is 18.7. The fraction of sp³-hybridized carbons (Fsp3) is 0.731. The molecule has 5 rings (SSSR count). The first-order chi connectivity index (χ1) is 14.5. The Morgan fingerprint density at radius 3 is 2.63 bits per heavy atom. The molecular formula is C26H37NO3. The van der Waals surface area contributed by atoms with Gasteiger partial charge in [-0.05, 0) is 74.3 Å². The Labute approximate surface area is 181 Å². The monoisotopic (exact) mass is 411 g/mol. The number of fused-ring (bicyclic) bond motifs is 3. The summed E-state index contributed by atoms with van der Waals surface area (Å²) in [7, 11) is 0. The maximum absolute atomic E-state index is 6.76. The normalized spacial score (nSPS) is 40.1. The van der Waals surface area contributed by atoms with Crippen molar-refractivity contribution in [2.45, 2.75) is 83.5 Å². The molecule has 4 fully saturated rings. The summed E-state index contributed by atoms with van der Waals surface area (Å²) >= 11 is 0. The molecule has 4 aliphatic rings. The van der Waals surface area contributed by atoms with Gasteiger partial charge < -0.3 is 14.2 Å². The minimum absolute atomic E-state index is 0.103. The first kappa shape index (κ1) is 20.5. The molecule has 4 nitrogen and oxygen atoms in total. The smallest absolute Gasteiger partial charge is 0.168 e. The molecule has 2 unspecified atom stereocenters. The summed E-state index contributed by atoms with van der Waals surface area (Å²) in [5.41, 5.74) is 1.76. The van der Waals surface area contributed by atoms with E-state index in [1.807, 2.05) is 12.1 Å². The Morgan fingerprint density at radius 1 is 1.10 bits per heavy atom. The van der Waals surface area contributed by atoms with Crippen LogP contribution in [0.2, 0.25) is 0 Å². The summed E-state index contributed by atoms with van der Waals surface area (Å²) in [5.74, 6) is 1.74. The van der Waals surface area contributed by atoms with Crippen LogP contribution < -0.4 is 4.74 Å². The highest BCUT2D eigenvalue weighted by atomic mass is 16.7. The van der Waals surface area contributed by atoms with Crippen molar-refractivity contribution in [3.63, 3.8) is 0 Å². The predicted molar refractivity (Wildman–Crippen MR) is 117 cm³/mol. The highest BCUT2D eigenvalue weighted by Crippen LogP contribution is 2.64. The highest BCUT2D eigenvalue weighted by Gasteiger charge is 2.62. The molecule has 2 heterocycles. The van der Waals surface area contributed by atoms with E-state index in [2.05, 4.69) is 25.4 Å². The van der Waals surface area contributed by atoms with Crippen molar-refractivity contribution in [2.24, 2.45) is 22.7 Å². The first-order valence-electron chi connectivity index (χ1n) is 12.0. The molecule has 3 aliphatic carbocycles. The van der Waals surface area contributed by atoms with Crippen LogP contribution in [0.3, 0.4) is 0 Å². The molecule has 0 N–H and O–H groups in total. The van der Waals surface area contributed by atoms with Crippen molar-refractivity contribution in [2.75, 3.05) is 13.2 Å². The van der Waals surface area contributed by atoms with Gasteiger partial charge in [0.1, 0.15) is 5.75 Å². The average Bonchev–Trinajstić information content (AvgIpc) is 3.20. The quantitative estimate of drug-likeness (QED) is 0.576. The summed E-state index contributed by atoms with van der Waals surface area (Å²) in [6.45, 7) is 11.1. The van der Waals surface area contributed by atoms with Crippen LogP contribution in [0.1, 0.15) is 71.6 Å². The maximum Gasteiger partial charge on any atom is 0.168 e. The molecule has 1 aliphatic heterocycles. The Kier molecular flexibility index (Phi) is 5.22. The number of allylic oxidation sites excluding steroid dienone is 1. The SMILES string of the molecule is C=C1CCC2[C@]3(C)COC4(CCCC4)OC3CC[C@@]2(C)[C@@H]1CCOc1ccncc1. The molecular weight excluding hydrogens is 374 g/mol. The Hall–Kier alpha value is -1.39. The van der Waals surface area contributed by atoms with Crippen molar-refractivity contribution in [1.82, 2.24) is 4.98 Å². The van der Waals surface area contributed by atoms with Crippen LogP contribution in [0.5, 0.6) is 5.75 Å². The van der Waals surface area contributed by atoms with E-state index in [1.165, 1.54) is 31.3 Å². The van der Waals surface area contributed by atoms with Gasteiger partial charge in [-0.2, -0.15) is 0 Å². The van der Waals surface area contributed by atoms with Gasteiger partial charge in [-0.15, -0.1) is 0 Å². The lowest BCUT2D eigenvalue weighted by Gasteiger charge is -2.63. The summed E-state index contributed by atoms with van der Waals surface area (Å²) in [6.07, 6.45) is 14.3. The third-order valence-corrected chi connectivity index (χ3v) is 9.01. The number of rotatable bonds is 4. The molecule has 0 radical (unpaired) electrons. The number of aromatic nitrogens is 1. The molecule has 5 atom stereocenters. The zero-order chi connectivity index (χ0) is 20.8. The average molecular weight is 412 g/mol. The van der Waals surface area contributed by atoms with Crippen molar-refractivity contribution in [3.05, 3.63) is 36.7 Å². The number of nitrogens with zero attached hydrogens (tertiary/aromatic N) is 1. The van der Waals surface area contributed by atoms with Gasteiger partial charge in [-0.3, -0.25) is 4.98 Å². The van der Waals surface area contributed by atoms with Crippen LogP contribution in [-0.4, -0.2) is 30.1 Å². The zero-order valence-corrected chi connectivity index (χ0v) is 18.7. The fourth-order valence-corrected chi connectivity index (χ4v) is 7.38. The van der Waals surface area contributed by atoms with E-state index in [0.29, 0.717) is 17.9 Å². The van der Waals surface area contributed by atoms with Gasteiger partial charge in [-0.1, -0.05) is 26.0 Å². The van der Waals surface area contributed by atoms with Gasteiger partial charge in [0, 0.05) is 30.7 Å². The highest BCUT2D eigenvalue weighted by molar-refractivity contribution is 5.19. The second kappa shape index (κ2) is 7.63. The lowest BCUT2D eigenvalue weighted by atomic mass is 9.46. The van der Waals surface area contributed by atoms with Crippen molar-refractivity contribution >= 4 is 0 Å². The topological polar surface area (TPSA) is 40.6 Å². The second-order valence-electron chi connectivity index (χ2n) is 10.7. The minimum Gasteiger partial charge on any atom is -0.493 e. The molecule has 0 aromatic carbocycles. The molecule has 3 saturated carbocycles. The predicted octanol–water partition coefficient (Wildman–Crippen LogP) is 5.93. The van der Waals surface area contributed by atoms with Gasteiger partial charge in [-0.25, -0.2) is 0 Å². The van der Waals surface area contributed by atoms with E-state index in [0.717, 1.165) is 51.1 Å². The largest absolute Gasteiger partial charge is 0.493 e. The summed E-state index contributed by atoms with van der Waals surface area (Å²) < 4.78 is 19.3. The van der Waals surface area contributed by atoms with Gasteiger partial charge in [0.05, 0.1) is 19.3 Å². The van der Waals surface area contributed by atoms with Crippen LogP contribution >= 0.6 is 0 Å². The van der Waals surface area contributed by atoms with E-state index < -0.39 is 0 Å². The third kappa shape index (κ3) is 3.31. The number of ether oxygens (including phenoxy) is 3.